The number of hydrogen-bond donors (Lipinski definition) is 1. The maximum Gasteiger partial charge on any atom is 0.218 e. The van der Waals surface area contributed by atoms with Gasteiger partial charge in [-0.15, -0.1) is 0 Å². The van der Waals surface area contributed by atoms with Crippen LogP contribution in [0.1, 0.15) is 5.56 Å². The zero-order chi connectivity index (χ0) is 11.4. The molecule has 0 radical (unpaired) electrons. The molecule has 0 unspecified atom stereocenters. The first kappa shape index (κ1) is 11.2. The van der Waals surface area contributed by atoms with Crippen molar-refractivity contribution in [3.63, 3.8) is 0 Å². The molecule has 1 heterocycles. The maximum absolute atomic E-state index is 5.83. The van der Waals surface area contributed by atoms with Crippen LogP contribution >= 0.6 is 11.6 Å². The molecule has 1 N–H and O–H groups in total. The summed E-state index contributed by atoms with van der Waals surface area (Å²) in [5.74, 6) is 0.789. The molecule has 0 bridgehead atoms. The van der Waals surface area contributed by atoms with Gasteiger partial charge in [0, 0.05) is 11.6 Å². The number of halogens is 1. The highest BCUT2D eigenvalue weighted by atomic mass is 35.5. The van der Waals surface area contributed by atoms with Crippen molar-refractivity contribution in [2.45, 2.75) is 6.54 Å². The first-order valence-electron chi connectivity index (χ1n) is 5.14. The summed E-state index contributed by atoms with van der Waals surface area (Å²) < 4.78 is 0. The zero-order valence-corrected chi connectivity index (χ0v) is 9.87. The van der Waals surface area contributed by atoms with Gasteiger partial charge < -0.3 is 5.32 Å². The number of rotatable bonds is 3. The van der Waals surface area contributed by atoms with E-state index >= 15 is 0 Å². The van der Waals surface area contributed by atoms with Crippen LogP contribution in [0.25, 0.3) is 0 Å². The Morgan fingerprint density at radius 2 is 2.19 bits per heavy atom. The molecule has 1 aromatic carbocycles. The lowest BCUT2D eigenvalue weighted by Gasteiger charge is -2.21. The number of nitrogens with one attached hydrogen (secondary N) is 1. The van der Waals surface area contributed by atoms with Crippen LogP contribution in [0.3, 0.4) is 0 Å². The first-order valence-corrected chi connectivity index (χ1v) is 5.52. The molecule has 0 spiro atoms. The molecular weight excluding hydrogens is 226 g/mol. The van der Waals surface area contributed by atoms with Crippen molar-refractivity contribution in [1.82, 2.24) is 10.4 Å². The van der Waals surface area contributed by atoms with Crippen molar-refractivity contribution in [3.05, 3.63) is 34.9 Å². The first-order chi connectivity index (χ1) is 7.79. The zero-order valence-electron chi connectivity index (χ0n) is 9.11. The summed E-state index contributed by atoms with van der Waals surface area (Å²) in [7, 11) is 1.64. The van der Waals surface area contributed by atoms with Crippen LogP contribution in [0.4, 0.5) is 0 Å². The van der Waals surface area contributed by atoms with E-state index in [-0.39, 0.29) is 0 Å². The van der Waals surface area contributed by atoms with Crippen LogP contribution in [0.5, 0.6) is 0 Å². The highest BCUT2D eigenvalue weighted by molar-refractivity contribution is 6.30. The second-order valence-electron chi connectivity index (χ2n) is 3.48. The van der Waals surface area contributed by atoms with Gasteiger partial charge in [-0.1, -0.05) is 23.7 Å². The van der Waals surface area contributed by atoms with E-state index in [0.717, 1.165) is 29.6 Å². The topological polar surface area (TPSA) is 36.9 Å². The molecule has 0 aliphatic carbocycles. The largest absolute Gasteiger partial charge is 0.353 e. The number of nitrogens with zero attached hydrogens (tertiary/aromatic N) is 2. The molecule has 1 aliphatic heterocycles. The van der Waals surface area contributed by atoms with Gasteiger partial charge in [-0.25, -0.2) is 10.1 Å². The molecule has 16 heavy (non-hydrogen) atoms. The molecule has 4 nitrogen and oxygen atoms in total. The van der Waals surface area contributed by atoms with Crippen LogP contribution in [0.15, 0.2) is 29.3 Å². The lowest BCUT2D eigenvalue weighted by Crippen LogP contribution is -2.37. The minimum atomic E-state index is 0.652. The van der Waals surface area contributed by atoms with E-state index in [1.165, 1.54) is 0 Å². The van der Waals surface area contributed by atoms with Gasteiger partial charge in [0.15, 0.2) is 0 Å². The highest BCUT2D eigenvalue weighted by Gasteiger charge is 2.14. The van der Waals surface area contributed by atoms with E-state index < -0.39 is 0 Å². The molecule has 0 saturated carbocycles. The van der Waals surface area contributed by atoms with Crippen LogP contribution < -0.4 is 5.32 Å². The Morgan fingerprint density at radius 1 is 1.44 bits per heavy atom. The van der Waals surface area contributed by atoms with Crippen LogP contribution in [-0.2, 0) is 11.4 Å². The third-order valence-electron chi connectivity index (χ3n) is 2.35. The SMILES string of the molecule is CON(Cc1ccc(Cl)cc1)C1=NCCN1. The Bertz CT molecular complexity index is 377. The molecule has 5 heteroatoms. The standard InChI is InChI=1S/C11H14ClN3O/c1-16-15(11-13-6-7-14-11)8-9-2-4-10(12)5-3-9/h2-5H,6-8H2,1H3,(H,13,14). The van der Waals surface area contributed by atoms with Crippen molar-refractivity contribution >= 4 is 17.6 Å². The maximum atomic E-state index is 5.83. The van der Waals surface area contributed by atoms with Gasteiger partial charge in [-0.2, -0.15) is 0 Å². The van der Waals surface area contributed by atoms with E-state index in [4.69, 9.17) is 16.4 Å². The number of hydrogen-bond acceptors (Lipinski definition) is 4. The molecular formula is C11H14ClN3O. The summed E-state index contributed by atoms with van der Waals surface area (Å²) in [6, 6.07) is 7.69. The number of benzene rings is 1. The van der Waals surface area contributed by atoms with Crippen molar-refractivity contribution in [1.29, 1.82) is 0 Å². The Hall–Kier alpha value is -1.26. The summed E-state index contributed by atoms with van der Waals surface area (Å²) in [6.45, 7) is 2.32. The minimum absolute atomic E-state index is 0.652. The molecule has 86 valence electrons. The van der Waals surface area contributed by atoms with Crippen molar-refractivity contribution < 1.29 is 4.84 Å². The molecule has 0 saturated heterocycles. The number of hydroxylamine groups is 2. The Balaban J connectivity index is 2.03. The van der Waals surface area contributed by atoms with E-state index in [1.807, 2.05) is 24.3 Å². The average molecular weight is 240 g/mol. The van der Waals surface area contributed by atoms with Crippen molar-refractivity contribution in [2.75, 3.05) is 20.2 Å². The van der Waals surface area contributed by atoms with Crippen molar-refractivity contribution in [2.24, 2.45) is 4.99 Å². The molecule has 0 amide bonds. The highest BCUT2D eigenvalue weighted by Crippen LogP contribution is 2.12. The third-order valence-corrected chi connectivity index (χ3v) is 2.60. The van der Waals surface area contributed by atoms with E-state index in [9.17, 15) is 0 Å². The lowest BCUT2D eigenvalue weighted by atomic mass is 10.2. The Labute approximate surface area is 99.8 Å². The smallest absolute Gasteiger partial charge is 0.218 e. The second-order valence-corrected chi connectivity index (χ2v) is 3.91. The summed E-state index contributed by atoms with van der Waals surface area (Å²) in [4.78, 5) is 9.58. The van der Waals surface area contributed by atoms with E-state index in [0.29, 0.717) is 6.54 Å². The molecule has 1 aliphatic rings. The second kappa shape index (κ2) is 5.18. The van der Waals surface area contributed by atoms with E-state index in [1.54, 1.807) is 12.2 Å². The Morgan fingerprint density at radius 3 is 2.75 bits per heavy atom. The summed E-state index contributed by atoms with van der Waals surface area (Å²) in [5.41, 5.74) is 1.13. The minimum Gasteiger partial charge on any atom is -0.353 e. The van der Waals surface area contributed by atoms with Gasteiger partial charge in [-0.05, 0) is 17.7 Å². The van der Waals surface area contributed by atoms with Gasteiger partial charge >= 0.3 is 0 Å². The fourth-order valence-corrected chi connectivity index (χ4v) is 1.66. The van der Waals surface area contributed by atoms with Gasteiger partial charge in [0.2, 0.25) is 5.96 Å². The van der Waals surface area contributed by atoms with Crippen LogP contribution in [0, 0.1) is 0 Å². The van der Waals surface area contributed by atoms with Crippen LogP contribution in [-0.4, -0.2) is 31.2 Å². The van der Waals surface area contributed by atoms with Gasteiger partial charge in [-0.3, -0.25) is 4.84 Å². The molecule has 2 rings (SSSR count). The fraction of sp³-hybridized carbons (Fsp3) is 0.364. The quantitative estimate of drug-likeness (QED) is 0.816. The number of guanidine groups is 1. The molecule has 0 atom stereocenters. The normalized spacial score (nSPS) is 14.5. The van der Waals surface area contributed by atoms with Gasteiger partial charge in [0.1, 0.15) is 0 Å². The molecule has 1 aromatic rings. The molecule has 0 aromatic heterocycles. The Kier molecular flexibility index (Phi) is 3.64. The summed E-state index contributed by atoms with van der Waals surface area (Å²) in [6.07, 6.45) is 0. The summed E-state index contributed by atoms with van der Waals surface area (Å²) in [5, 5.41) is 5.64. The van der Waals surface area contributed by atoms with Gasteiger partial charge in [0.25, 0.3) is 0 Å². The molecule has 0 fully saturated rings. The average Bonchev–Trinajstić information content (AvgIpc) is 2.82. The van der Waals surface area contributed by atoms with E-state index in [2.05, 4.69) is 10.3 Å². The third kappa shape index (κ3) is 2.65. The lowest BCUT2D eigenvalue weighted by molar-refractivity contribution is -0.0746. The monoisotopic (exact) mass is 239 g/mol. The predicted octanol–water partition coefficient (Wildman–Crippen LogP) is 1.66. The number of aliphatic imine (C=N–C) groups is 1. The van der Waals surface area contributed by atoms with Crippen LogP contribution in [0.2, 0.25) is 5.02 Å². The predicted molar refractivity (Wildman–Crippen MR) is 64.3 cm³/mol. The summed E-state index contributed by atoms with van der Waals surface area (Å²) >= 11 is 5.83. The van der Waals surface area contributed by atoms with Crippen molar-refractivity contribution in [3.8, 4) is 0 Å². The fourth-order valence-electron chi connectivity index (χ4n) is 1.53. The van der Waals surface area contributed by atoms with Gasteiger partial charge in [0.05, 0.1) is 20.2 Å².